The Balaban J connectivity index is 2.53. The average Bonchev–Trinajstić information content (AvgIpc) is 2.94. The van der Waals surface area contributed by atoms with Crippen molar-refractivity contribution in [3.8, 4) is 5.75 Å². The quantitative estimate of drug-likeness (QED) is 0.0998. The topological polar surface area (TPSA) is 20.2 Å². The second-order valence-corrected chi connectivity index (χ2v) is 12.6. The number of phenolic OH excluding ortho intramolecular Hbond substituents is 1. The van der Waals surface area contributed by atoms with Gasteiger partial charge in [-0.25, -0.2) is 0 Å². The standard InChI is InChI=1S/C38H70O/c1-4-7-10-13-16-19-20-23-26-29-32-37-36(31-28-25-22-18-15-12-9-6-3)35(33-34-38(37)39)30-27-24-21-17-14-11-8-5-2/h33-34,39H,4-32H2,1-3H3. The molecular weight excluding hydrogens is 472 g/mol. The molecule has 1 N–H and O–H groups in total. The third-order valence-corrected chi connectivity index (χ3v) is 8.86. The van der Waals surface area contributed by atoms with Crippen molar-refractivity contribution < 1.29 is 5.11 Å². The number of hydrogen-bond acceptors (Lipinski definition) is 1. The predicted octanol–water partition coefficient (Wildman–Crippen LogP) is 13.2. The number of phenols is 1. The summed E-state index contributed by atoms with van der Waals surface area (Å²) in [5, 5.41) is 10.9. The molecule has 0 heterocycles. The van der Waals surface area contributed by atoms with Crippen LogP contribution in [0.2, 0.25) is 0 Å². The van der Waals surface area contributed by atoms with E-state index in [9.17, 15) is 5.11 Å². The second kappa shape index (κ2) is 27.2. The van der Waals surface area contributed by atoms with Crippen molar-refractivity contribution in [1.29, 1.82) is 0 Å². The molecule has 0 aliphatic heterocycles. The van der Waals surface area contributed by atoms with Crippen LogP contribution in [0.15, 0.2) is 12.1 Å². The molecule has 0 saturated heterocycles. The maximum atomic E-state index is 10.9. The van der Waals surface area contributed by atoms with E-state index in [1.807, 2.05) is 6.07 Å². The molecule has 39 heavy (non-hydrogen) atoms. The first-order chi connectivity index (χ1) is 19.2. The van der Waals surface area contributed by atoms with Gasteiger partial charge in [-0.2, -0.15) is 0 Å². The van der Waals surface area contributed by atoms with Crippen molar-refractivity contribution in [3.05, 3.63) is 28.8 Å². The normalized spacial score (nSPS) is 11.5. The maximum absolute atomic E-state index is 10.9. The van der Waals surface area contributed by atoms with Crippen molar-refractivity contribution in [2.45, 2.75) is 207 Å². The molecule has 0 aliphatic rings. The Hall–Kier alpha value is -0.980. The Bertz CT molecular complexity index is 648. The number of hydrogen-bond donors (Lipinski definition) is 1. The summed E-state index contributed by atoms with van der Waals surface area (Å²) in [5.74, 6) is 0.570. The Labute approximate surface area is 246 Å². The summed E-state index contributed by atoms with van der Waals surface area (Å²) in [6.45, 7) is 6.90. The molecule has 0 bridgehead atoms. The molecule has 1 nitrogen and oxygen atoms in total. The van der Waals surface area contributed by atoms with Crippen LogP contribution in [0.4, 0.5) is 0 Å². The molecule has 0 radical (unpaired) electrons. The molecule has 1 heteroatoms. The molecule has 0 unspecified atom stereocenters. The molecule has 0 saturated carbocycles. The van der Waals surface area contributed by atoms with E-state index in [1.165, 1.54) is 191 Å². The zero-order valence-corrected chi connectivity index (χ0v) is 27.1. The van der Waals surface area contributed by atoms with Gasteiger partial charge in [-0.3, -0.25) is 0 Å². The van der Waals surface area contributed by atoms with Gasteiger partial charge in [0.2, 0.25) is 0 Å². The molecule has 0 aliphatic carbocycles. The van der Waals surface area contributed by atoms with Crippen LogP contribution in [0.5, 0.6) is 5.75 Å². The van der Waals surface area contributed by atoms with Crippen LogP contribution in [0.1, 0.15) is 204 Å². The largest absolute Gasteiger partial charge is 0.508 e. The van der Waals surface area contributed by atoms with Crippen LogP contribution < -0.4 is 0 Å². The third-order valence-electron chi connectivity index (χ3n) is 8.86. The third kappa shape index (κ3) is 19.7. The summed E-state index contributed by atoms with van der Waals surface area (Å²) in [4.78, 5) is 0. The maximum Gasteiger partial charge on any atom is 0.119 e. The molecule has 1 rings (SSSR count). The van der Waals surface area contributed by atoms with Gasteiger partial charge < -0.3 is 5.11 Å². The van der Waals surface area contributed by atoms with Crippen LogP contribution in [-0.2, 0) is 19.3 Å². The van der Waals surface area contributed by atoms with Gasteiger partial charge in [-0.05, 0) is 61.3 Å². The number of aromatic hydroxyl groups is 1. The Kier molecular flexibility index (Phi) is 25.1. The molecule has 0 fully saturated rings. The first-order valence-electron chi connectivity index (χ1n) is 18.1. The van der Waals surface area contributed by atoms with Gasteiger partial charge in [-0.1, -0.05) is 175 Å². The lowest BCUT2D eigenvalue weighted by Crippen LogP contribution is -2.03. The molecule has 1 aromatic rings. The van der Waals surface area contributed by atoms with Crippen LogP contribution in [-0.4, -0.2) is 5.11 Å². The van der Waals surface area contributed by atoms with Gasteiger partial charge in [-0.15, -0.1) is 0 Å². The minimum atomic E-state index is 0.570. The van der Waals surface area contributed by atoms with Crippen LogP contribution in [0.3, 0.4) is 0 Å². The van der Waals surface area contributed by atoms with Crippen molar-refractivity contribution in [2.75, 3.05) is 0 Å². The lowest BCUT2D eigenvalue weighted by atomic mass is 9.89. The van der Waals surface area contributed by atoms with Crippen molar-refractivity contribution >= 4 is 0 Å². The number of aryl methyl sites for hydroxylation is 1. The highest BCUT2D eigenvalue weighted by atomic mass is 16.3. The monoisotopic (exact) mass is 543 g/mol. The second-order valence-electron chi connectivity index (χ2n) is 12.6. The van der Waals surface area contributed by atoms with E-state index >= 15 is 0 Å². The highest BCUT2D eigenvalue weighted by Gasteiger charge is 2.13. The Morgan fingerprint density at radius 2 is 0.667 bits per heavy atom. The van der Waals surface area contributed by atoms with Crippen LogP contribution in [0, 0.1) is 0 Å². The predicted molar refractivity (Wildman–Crippen MR) is 176 cm³/mol. The first kappa shape index (κ1) is 36.0. The minimum absolute atomic E-state index is 0.570. The minimum Gasteiger partial charge on any atom is -0.508 e. The van der Waals surface area contributed by atoms with Gasteiger partial charge in [0.15, 0.2) is 0 Å². The first-order valence-corrected chi connectivity index (χ1v) is 18.1. The summed E-state index contributed by atoms with van der Waals surface area (Å²) in [6.07, 6.45) is 39.2. The van der Waals surface area contributed by atoms with Gasteiger partial charge >= 0.3 is 0 Å². The fraction of sp³-hybridized carbons (Fsp3) is 0.842. The van der Waals surface area contributed by atoms with Gasteiger partial charge in [0.05, 0.1) is 0 Å². The summed E-state index contributed by atoms with van der Waals surface area (Å²) in [6, 6.07) is 4.28. The lowest BCUT2D eigenvalue weighted by molar-refractivity contribution is 0.463. The van der Waals surface area contributed by atoms with E-state index < -0.39 is 0 Å². The number of benzene rings is 1. The highest BCUT2D eigenvalue weighted by Crippen LogP contribution is 2.30. The lowest BCUT2D eigenvalue weighted by Gasteiger charge is -2.17. The number of rotatable bonds is 29. The summed E-state index contributed by atoms with van der Waals surface area (Å²) < 4.78 is 0. The van der Waals surface area contributed by atoms with Gasteiger partial charge in [0.25, 0.3) is 0 Å². The van der Waals surface area contributed by atoms with E-state index in [-0.39, 0.29) is 0 Å². The molecule has 228 valence electrons. The van der Waals surface area contributed by atoms with E-state index in [2.05, 4.69) is 26.8 Å². The summed E-state index contributed by atoms with van der Waals surface area (Å²) in [7, 11) is 0. The van der Waals surface area contributed by atoms with Crippen molar-refractivity contribution in [1.82, 2.24) is 0 Å². The van der Waals surface area contributed by atoms with Crippen LogP contribution >= 0.6 is 0 Å². The average molecular weight is 543 g/mol. The van der Waals surface area contributed by atoms with E-state index in [1.54, 1.807) is 5.56 Å². The highest BCUT2D eigenvalue weighted by molar-refractivity contribution is 5.45. The zero-order valence-electron chi connectivity index (χ0n) is 27.1. The molecule has 0 aromatic heterocycles. The van der Waals surface area contributed by atoms with Gasteiger partial charge in [0.1, 0.15) is 5.75 Å². The fourth-order valence-electron chi connectivity index (χ4n) is 6.23. The van der Waals surface area contributed by atoms with E-state index in [0.717, 1.165) is 6.42 Å². The van der Waals surface area contributed by atoms with E-state index in [0.29, 0.717) is 5.75 Å². The molecule has 0 atom stereocenters. The summed E-state index contributed by atoms with van der Waals surface area (Å²) >= 11 is 0. The van der Waals surface area contributed by atoms with Crippen molar-refractivity contribution in [3.63, 3.8) is 0 Å². The summed E-state index contributed by atoms with van der Waals surface area (Å²) in [5.41, 5.74) is 4.37. The molecule has 0 spiro atoms. The van der Waals surface area contributed by atoms with Crippen LogP contribution in [0.25, 0.3) is 0 Å². The molecule has 0 amide bonds. The number of unbranched alkanes of at least 4 members (excludes halogenated alkanes) is 23. The Morgan fingerprint density at radius 1 is 0.359 bits per heavy atom. The molecular formula is C38H70O. The molecule has 1 aromatic carbocycles. The fourth-order valence-corrected chi connectivity index (χ4v) is 6.23. The SMILES string of the molecule is CCCCCCCCCCCCc1c(O)ccc(CCCCCCCCCC)c1CCCCCCCCCC. The zero-order chi connectivity index (χ0) is 28.2. The van der Waals surface area contributed by atoms with Crippen molar-refractivity contribution in [2.24, 2.45) is 0 Å². The van der Waals surface area contributed by atoms with E-state index in [4.69, 9.17) is 0 Å². The Morgan fingerprint density at radius 3 is 1.05 bits per heavy atom. The van der Waals surface area contributed by atoms with Gasteiger partial charge in [0, 0.05) is 0 Å². The smallest absolute Gasteiger partial charge is 0.119 e.